The van der Waals surface area contributed by atoms with Crippen LogP contribution in [0.5, 0.6) is 0 Å². The number of aromatic amines is 1. The van der Waals surface area contributed by atoms with Crippen molar-refractivity contribution < 1.29 is 9.53 Å². The van der Waals surface area contributed by atoms with Crippen molar-refractivity contribution >= 4 is 22.6 Å². The molecular weight excluding hydrogens is 358 g/mol. The van der Waals surface area contributed by atoms with Gasteiger partial charge in [0.25, 0.3) is 11.5 Å². The minimum Gasteiger partial charge on any atom is -0.383 e. The van der Waals surface area contributed by atoms with E-state index < -0.39 is 0 Å². The van der Waals surface area contributed by atoms with Crippen LogP contribution >= 0.6 is 0 Å². The number of likely N-dealkylation sites (N-methyl/N-ethyl adjacent to an activating group) is 1. The predicted molar refractivity (Wildman–Crippen MR) is 106 cm³/mol. The first-order chi connectivity index (χ1) is 13.6. The molecule has 1 aromatic carbocycles. The van der Waals surface area contributed by atoms with Gasteiger partial charge in [-0.3, -0.25) is 14.0 Å². The van der Waals surface area contributed by atoms with Gasteiger partial charge >= 0.3 is 0 Å². The number of amides is 1. The molecule has 8 heteroatoms. The fourth-order valence-corrected chi connectivity index (χ4v) is 3.99. The SMILES string of the molecule is COCCN(C)C(=O)c1ccc2[nH]c(=O)c3nnc(C4CCCCC4)n3c2c1. The smallest absolute Gasteiger partial charge is 0.294 e. The summed E-state index contributed by atoms with van der Waals surface area (Å²) in [7, 11) is 3.36. The Labute approximate surface area is 162 Å². The quantitative estimate of drug-likeness (QED) is 0.730. The minimum atomic E-state index is -0.265. The van der Waals surface area contributed by atoms with Gasteiger partial charge < -0.3 is 14.6 Å². The van der Waals surface area contributed by atoms with Crippen LogP contribution in [0.4, 0.5) is 0 Å². The molecule has 8 nitrogen and oxygen atoms in total. The van der Waals surface area contributed by atoms with Crippen LogP contribution in [0.15, 0.2) is 23.0 Å². The van der Waals surface area contributed by atoms with Crippen molar-refractivity contribution in [3.05, 3.63) is 39.9 Å². The Morgan fingerprint density at radius 2 is 2.07 bits per heavy atom. The first-order valence-electron chi connectivity index (χ1n) is 9.75. The lowest BCUT2D eigenvalue weighted by molar-refractivity contribution is 0.0744. The van der Waals surface area contributed by atoms with Crippen molar-refractivity contribution in [1.29, 1.82) is 0 Å². The van der Waals surface area contributed by atoms with Crippen LogP contribution in [0.25, 0.3) is 16.7 Å². The van der Waals surface area contributed by atoms with Gasteiger partial charge in [0.05, 0.1) is 17.6 Å². The van der Waals surface area contributed by atoms with E-state index in [-0.39, 0.29) is 23.0 Å². The normalized spacial score (nSPS) is 15.4. The van der Waals surface area contributed by atoms with Crippen molar-refractivity contribution in [3.63, 3.8) is 0 Å². The number of ether oxygens (including phenoxy) is 1. The highest BCUT2D eigenvalue weighted by molar-refractivity contribution is 5.97. The Kier molecular flexibility index (Phi) is 5.13. The van der Waals surface area contributed by atoms with E-state index in [1.54, 1.807) is 31.2 Å². The molecule has 1 aliphatic carbocycles. The van der Waals surface area contributed by atoms with Crippen molar-refractivity contribution in [2.45, 2.75) is 38.0 Å². The van der Waals surface area contributed by atoms with Gasteiger partial charge in [0.2, 0.25) is 5.65 Å². The van der Waals surface area contributed by atoms with Crippen LogP contribution in [0.3, 0.4) is 0 Å². The van der Waals surface area contributed by atoms with Gasteiger partial charge in [0, 0.05) is 32.2 Å². The highest BCUT2D eigenvalue weighted by Crippen LogP contribution is 2.32. The number of hydrogen-bond acceptors (Lipinski definition) is 5. The Bertz CT molecular complexity index is 1060. The molecule has 0 atom stereocenters. The summed E-state index contributed by atoms with van der Waals surface area (Å²) in [5.74, 6) is 1.02. The molecule has 2 aromatic heterocycles. The van der Waals surface area contributed by atoms with Gasteiger partial charge in [-0.25, -0.2) is 0 Å². The lowest BCUT2D eigenvalue weighted by Crippen LogP contribution is -2.30. The number of carbonyl (C=O) groups excluding carboxylic acids is 1. The Balaban J connectivity index is 1.83. The second-order valence-corrected chi connectivity index (χ2v) is 7.46. The minimum absolute atomic E-state index is 0.0920. The first-order valence-corrected chi connectivity index (χ1v) is 9.75. The maximum Gasteiger partial charge on any atom is 0.294 e. The van der Waals surface area contributed by atoms with E-state index in [4.69, 9.17) is 4.74 Å². The summed E-state index contributed by atoms with van der Waals surface area (Å²) in [6, 6.07) is 5.33. The third-order valence-electron chi connectivity index (χ3n) is 5.57. The largest absolute Gasteiger partial charge is 0.383 e. The standard InChI is InChI=1S/C20H25N5O3/c1-24(10-11-28-2)20(27)14-8-9-15-16(12-14)25-17(13-6-4-3-5-7-13)22-23-18(25)19(26)21-15/h8-9,12-13H,3-7,10-11H2,1-2H3,(H,21,26). The number of rotatable bonds is 5. The lowest BCUT2D eigenvalue weighted by Gasteiger charge is -2.20. The molecule has 0 radical (unpaired) electrons. The second kappa shape index (κ2) is 7.71. The van der Waals surface area contributed by atoms with Gasteiger partial charge in [-0.1, -0.05) is 19.3 Å². The van der Waals surface area contributed by atoms with Crippen LogP contribution in [-0.4, -0.2) is 57.7 Å². The fraction of sp³-hybridized carbons (Fsp3) is 0.500. The van der Waals surface area contributed by atoms with E-state index in [9.17, 15) is 9.59 Å². The Morgan fingerprint density at radius 1 is 1.29 bits per heavy atom. The number of H-pyrrole nitrogens is 1. The second-order valence-electron chi connectivity index (χ2n) is 7.46. The molecule has 1 saturated carbocycles. The molecular formula is C20H25N5O3. The maximum atomic E-state index is 12.8. The molecule has 1 N–H and O–H groups in total. The summed E-state index contributed by atoms with van der Waals surface area (Å²) < 4.78 is 6.90. The molecule has 148 valence electrons. The maximum absolute atomic E-state index is 12.8. The summed E-state index contributed by atoms with van der Waals surface area (Å²) >= 11 is 0. The van der Waals surface area contributed by atoms with Crippen LogP contribution in [-0.2, 0) is 4.74 Å². The van der Waals surface area contributed by atoms with E-state index in [0.29, 0.717) is 24.2 Å². The molecule has 0 aliphatic heterocycles. The molecule has 1 aliphatic rings. The summed E-state index contributed by atoms with van der Waals surface area (Å²) in [6.45, 7) is 0.985. The molecule has 28 heavy (non-hydrogen) atoms. The molecule has 1 amide bonds. The summed E-state index contributed by atoms with van der Waals surface area (Å²) in [4.78, 5) is 29.7. The van der Waals surface area contributed by atoms with Gasteiger partial charge in [-0.2, -0.15) is 0 Å². The van der Waals surface area contributed by atoms with E-state index in [0.717, 1.165) is 37.0 Å². The van der Waals surface area contributed by atoms with Crippen LogP contribution in [0.2, 0.25) is 0 Å². The third-order valence-corrected chi connectivity index (χ3v) is 5.57. The van der Waals surface area contributed by atoms with E-state index in [2.05, 4.69) is 15.2 Å². The number of fused-ring (bicyclic) bond motifs is 3. The van der Waals surface area contributed by atoms with Crippen LogP contribution in [0, 0.1) is 0 Å². The van der Waals surface area contributed by atoms with Gasteiger partial charge in [0.15, 0.2) is 0 Å². The molecule has 0 saturated heterocycles. The van der Waals surface area contributed by atoms with Gasteiger partial charge in [-0.15, -0.1) is 10.2 Å². The highest BCUT2D eigenvalue weighted by Gasteiger charge is 2.23. The average Bonchev–Trinajstić information content (AvgIpc) is 3.18. The lowest BCUT2D eigenvalue weighted by atomic mass is 9.89. The average molecular weight is 383 g/mol. The number of methoxy groups -OCH3 is 1. The Hall–Kier alpha value is -2.74. The summed E-state index contributed by atoms with van der Waals surface area (Å²) in [5, 5.41) is 8.51. The highest BCUT2D eigenvalue weighted by atomic mass is 16.5. The van der Waals surface area contributed by atoms with E-state index in [1.165, 1.54) is 6.42 Å². The third kappa shape index (κ3) is 3.28. The Morgan fingerprint density at radius 3 is 2.82 bits per heavy atom. The van der Waals surface area contributed by atoms with Gasteiger partial charge in [-0.05, 0) is 31.0 Å². The molecule has 2 heterocycles. The van der Waals surface area contributed by atoms with Crippen molar-refractivity contribution in [3.8, 4) is 0 Å². The summed E-state index contributed by atoms with van der Waals surface area (Å²) in [6.07, 6.45) is 5.66. The van der Waals surface area contributed by atoms with Crippen molar-refractivity contribution in [1.82, 2.24) is 24.5 Å². The van der Waals surface area contributed by atoms with Crippen LogP contribution < -0.4 is 5.56 Å². The fourth-order valence-electron chi connectivity index (χ4n) is 3.99. The number of nitrogens with one attached hydrogen (secondary N) is 1. The number of hydrogen-bond donors (Lipinski definition) is 1. The van der Waals surface area contributed by atoms with Crippen molar-refractivity contribution in [2.24, 2.45) is 0 Å². The first kappa shape index (κ1) is 18.6. The van der Waals surface area contributed by atoms with Gasteiger partial charge in [0.1, 0.15) is 5.82 Å². The summed E-state index contributed by atoms with van der Waals surface area (Å²) in [5.41, 5.74) is 2.00. The zero-order valence-electron chi connectivity index (χ0n) is 16.3. The molecule has 3 aromatic rings. The molecule has 4 rings (SSSR count). The zero-order chi connectivity index (χ0) is 19.7. The zero-order valence-corrected chi connectivity index (χ0v) is 16.3. The van der Waals surface area contributed by atoms with E-state index >= 15 is 0 Å². The molecule has 1 fully saturated rings. The topological polar surface area (TPSA) is 92.6 Å². The predicted octanol–water partition coefficient (Wildman–Crippen LogP) is 2.34. The van der Waals surface area contributed by atoms with E-state index in [1.807, 2.05) is 10.5 Å². The monoisotopic (exact) mass is 383 g/mol. The molecule has 0 bridgehead atoms. The molecule has 0 spiro atoms. The number of aromatic nitrogens is 4. The number of carbonyl (C=O) groups is 1. The van der Waals surface area contributed by atoms with Crippen LogP contribution in [0.1, 0.15) is 54.2 Å². The van der Waals surface area contributed by atoms with Crippen molar-refractivity contribution in [2.75, 3.05) is 27.3 Å². The molecule has 0 unspecified atom stereocenters. The number of nitrogens with zero attached hydrogens (tertiary/aromatic N) is 4. The number of benzene rings is 1.